The van der Waals surface area contributed by atoms with Gasteiger partial charge in [-0.1, -0.05) is 35.3 Å². The zero-order valence-corrected chi connectivity index (χ0v) is 12.7. The van der Waals surface area contributed by atoms with Crippen molar-refractivity contribution in [2.75, 3.05) is 5.32 Å². The van der Waals surface area contributed by atoms with Crippen molar-refractivity contribution in [1.82, 2.24) is 5.32 Å². The zero-order valence-electron chi connectivity index (χ0n) is 11.2. The summed E-state index contributed by atoms with van der Waals surface area (Å²) in [6.07, 6.45) is 0. The lowest BCUT2D eigenvalue weighted by Gasteiger charge is -2.09. The van der Waals surface area contributed by atoms with Crippen molar-refractivity contribution in [3.63, 3.8) is 0 Å². The lowest BCUT2D eigenvalue weighted by Crippen LogP contribution is -2.28. The molecule has 0 aliphatic heterocycles. The fourth-order valence-corrected chi connectivity index (χ4v) is 2.10. The van der Waals surface area contributed by atoms with E-state index in [1.807, 2.05) is 6.07 Å². The van der Waals surface area contributed by atoms with Crippen LogP contribution >= 0.6 is 23.2 Å². The summed E-state index contributed by atoms with van der Waals surface area (Å²) in [6.45, 7) is 0.263. The minimum Gasteiger partial charge on any atom is -0.334 e. The maximum Gasteiger partial charge on any atom is 0.319 e. The highest BCUT2D eigenvalue weighted by molar-refractivity contribution is 6.33. The number of nitrogens with zero attached hydrogens (tertiary/aromatic N) is 1. The standard InChI is InChI=1S/C14H11Cl2N3O3/c15-10-3-1-2-9(6-10)8-17-14(20)18-13-7-11(19(21)22)4-5-12(13)16/h1-7H,8H2,(H2,17,18,20). The van der Waals surface area contributed by atoms with Crippen molar-refractivity contribution in [3.05, 3.63) is 68.2 Å². The molecule has 0 spiro atoms. The van der Waals surface area contributed by atoms with Crippen LogP contribution in [0.5, 0.6) is 0 Å². The number of nitrogens with one attached hydrogen (secondary N) is 2. The molecule has 0 fully saturated rings. The number of halogens is 2. The van der Waals surface area contributed by atoms with Gasteiger partial charge in [0.05, 0.1) is 15.6 Å². The lowest BCUT2D eigenvalue weighted by atomic mass is 10.2. The van der Waals surface area contributed by atoms with Crippen molar-refractivity contribution in [3.8, 4) is 0 Å². The number of carbonyl (C=O) groups is 1. The molecule has 2 rings (SSSR count). The number of urea groups is 1. The quantitative estimate of drug-likeness (QED) is 0.645. The number of hydrogen-bond acceptors (Lipinski definition) is 3. The third-order valence-electron chi connectivity index (χ3n) is 2.75. The average molecular weight is 340 g/mol. The molecule has 0 radical (unpaired) electrons. The van der Waals surface area contributed by atoms with Crippen molar-refractivity contribution >= 4 is 40.6 Å². The fourth-order valence-electron chi connectivity index (χ4n) is 1.72. The van der Waals surface area contributed by atoms with Gasteiger partial charge in [-0.05, 0) is 23.8 Å². The highest BCUT2D eigenvalue weighted by atomic mass is 35.5. The van der Waals surface area contributed by atoms with E-state index in [1.165, 1.54) is 18.2 Å². The van der Waals surface area contributed by atoms with Crippen LogP contribution in [0, 0.1) is 10.1 Å². The van der Waals surface area contributed by atoms with E-state index in [-0.39, 0.29) is 22.9 Å². The summed E-state index contributed by atoms with van der Waals surface area (Å²) in [5, 5.41) is 16.6. The topological polar surface area (TPSA) is 84.3 Å². The molecule has 0 aromatic heterocycles. The molecular weight excluding hydrogens is 329 g/mol. The Morgan fingerprint density at radius 3 is 2.64 bits per heavy atom. The second-order valence-electron chi connectivity index (χ2n) is 4.36. The first kappa shape index (κ1) is 16.1. The van der Waals surface area contributed by atoms with Crippen molar-refractivity contribution < 1.29 is 9.72 Å². The molecule has 2 N–H and O–H groups in total. The van der Waals surface area contributed by atoms with Gasteiger partial charge in [0.2, 0.25) is 0 Å². The summed E-state index contributed by atoms with van der Waals surface area (Å²) in [7, 11) is 0. The van der Waals surface area contributed by atoms with E-state index in [0.717, 1.165) is 5.56 Å². The van der Waals surface area contributed by atoms with Crippen LogP contribution in [-0.2, 0) is 6.54 Å². The van der Waals surface area contributed by atoms with E-state index >= 15 is 0 Å². The Morgan fingerprint density at radius 2 is 1.95 bits per heavy atom. The Bertz CT molecular complexity index is 722. The van der Waals surface area contributed by atoms with Gasteiger partial charge in [-0.25, -0.2) is 4.79 Å². The van der Waals surface area contributed by atoms with Gasteiger partial charge in [0, 0.05) is 23.7 Å². The molecule has 0 unspecified atom stereocenters. The number of nitro groups is 1. The summed E-state index contributed by atoms with van der Waals surface area (Å²) in [4.78, 5) is 22.0. The minimum absolute atomic E-state index is 0.158. The first-order chi connectivity index (χ1) is 10.5. The Balaban J connectivity index is 2.00. The zero-order chi connectivity index (χ0) is 16.1. The number of nitro benzene ring substituents is 1. The number of non-ortho nitro benzene ring substituents is 1. The van der Waals surface area contributed by atoms with Gasteiger partial charge in [0.25, 0.3) is 5.69 Å². The molecule has 0 saturated carbocycles. The van der Waals surface area contributed by atoms with E-state index in [0.29, 0.717) is 5.02 Å². The van der Waals surface area contributed by atoms with Crippen molar-refractivity contribution in [1.29, 1.82) is 0 Å². The maximum atomic E-state index is 11.8. The number of anilines is 1. The summed E-state index contributed by atoms with van der Waals surface area (Å²) in [5.41, 5.74) is 0.835. The van der Waals surface area contributed by atoms with E-state index in [9.17, 15) is 14.9 Å². The molecule has 0 aliphatic carbocycles. The Kier molecular flexibility index (Phi) is 5.19. The molecule has 2 aromatic rings. The van der Waals surface area contributed by atoms with Crippen LogP contribution in [0.4, 0.5) is 16.2 Å². The van der Waals surface area contributed by atoms with Gasteiger partial charge in [0.1, 0.15) is 0 Å². The minimum atomic E-state index is -0.564. The van der Waals surface area contributed by atoms with Gasteiger partial charge >= 0.3 is 6.03 Å². The Hall–Kier alpha value is -2.31. The molecule has 114 valence electrons. The Morgan fingerprint density at radius 1 is 1.18 bits per heavy atom. The van der Waals surface area contributed by atoms with Crippen LogP contribution in [0.1, 0.15) is 5.56 Å². The second-order valence-corrected chi connectivity index (χ2v) is 5.20. The third-order valence-corrected chi connectivity index (χ3v) is 3.32. The normalized spacial score (nSPS) is 10.1. The molecule has 22 heavy (non-hydrogen) atoms. The van der Waals surface area contributed by atoms with Crippen LogP contribution in [0.3, 0.4) is 0 Å². The lowest BCUT2D eigenvalue weighted by molar-refractivity contribution is -0.384. The predicted molar refractivity (Wildman–Crippen MR) is 85.4 cm³/mol. The maximum absolute atomic E-state index is 11.8. The van der Waals surface area contributed by atoms with E-state index in [4.69, 9.17) is 23.2 Å². The predicted octanol–water partition coefficient (Wildman–Crippen LogP) is 4.22. The van der Waals surface area contributed by atoms with E-state index in [1.54, 1.807) is 18.2 Å². The highest BCUT2D eigenvalue weighted by Crippen LogP contribution is 2.26. The number of rotatable bonds is 4. The van der Waals surface area contributed by atoms with E-state index in [2.05, 4.69) is 10.6 Å². The monoisotopic (exact) mass is 339 g/mol. The van der Waals surface area contributed by atoms with Crippen LogP contribution in [0.25, 0.3) is 0 Å². The number of hydrogen-bond donors (Lipinski definition) is 2. The molecule has 2 aromatic carbocycles. The van der Waals surface area contributed by atoms with E-state index < -0.39 is 11.0 Å². The van der Waals surface area contributed by atoms with Crippen molar-refractivity contribution in [2.45, 2.75) is 6.54 Å². The number of benzene rings is 2. The third kappa shape index (κ3) is 4.34. The van der Waals surface area contributed by atoms with Crippen molar-refractivity contribution in [2.24, 2.45) is 0 Å². The van der Waals surface area contributed by atoms with Crippen LogP contribution in [0.2, 0.25) is 10.0 Å². The van der Waals surface area contributed by atoms with Gasteiger partial charge in [-0.15, -0.1) is 0 Å². The molecule has 0 aliphatic rings. The van der Waals surface area contributed by atoms with Gasteiger partial charge in [-0.3, -0.25) is 10.1 Å². The summed E-state index contributed by atoms with van der Waals surface area (Å²) in [6, 6.07) is 10.3. The first-order valence-electron chi connectivity index (χ1n) is 6.19. The average Bonchev–Trinajstić information content (AvgIpc) is 2.47. The Labute approximate surface area is 136 Å². The van der Waals surface area contributed by atoms with Gasteiger partial charge in [0.15, 0.2) is 0 Å². The molecular formula is C14H11Cl2N3O3. The summed E-state index contributed by atoms with van der Waals surface area (Å²) in [5.74, 6) is 0. The SMILES string of the molecule is O=C(NCc1cccc(Cl)c1)Nc1cc([N+](=O)[O-])ccc1Cl. The molecule has 2 amide bonds. The van der Waals surface area contributed by atoms with Crippen LogP contribution < -0.4 is 10.6 Å². The first-order valence-corrected chi connectivity index (χ1v) is 6.94. The van der Waals surface area contributed by atoms with Gasteiger partial charge in [-0.2, -0.15) is 0 Å². The summed E-state index contributed by atoms with van der Waals surface area (Å²) < 4.78 is 0. The molecule has 6 nitrogen and oxygen atoms in total. The molecule has 0 heterocycles. The second kappa shape index (κ2) is 7.11. The fraction of sp³-hybridized carbons (Fsp3) is 0.0714. The molecule has 0 bridgehead atoms. The number of carbonyl (C=O) groups excluding carboxylic acids is 1. The van der Waals surface area contributed by atoms with Crippen LogP contribution in [-0.4, -0.2) is 11.0 Å². The molecule has 0 atom stereocenters. The number of amides is 2. The van der Waals surface area contributed by atoms with Crippen LogP contribution in [0.15, 0.2) is 42.5 Å². The highest BCUT2D eigenvalue weighted by Gasteiger charge is 2.11. The molecule has 8 heteroatoms. The smallest absolute Gasteiger partial charge is 0.319 e. The van der Waals surface area contributed by atoms with Gasteiger partial charge < -0.3 is 10.6 Å². The molecule has 0 saturated heterocycles. The summed E-state index contributed by atoms with van der Waals surface area (Å²) >= 11 is 11.7. The largest absolute Gasteiger partial charge is 0.334 e.